The minimum Gasteiger partial charge on any atom is -0.361 e. The second-order valence-corrected chi connectivity index (χ2v) is 8.54. The number of amidine groups is 1. The lowest BCUT2D eigenvalue weighted by atomic mass is 9.99. The Labute approximate surface area is 202 Å². The highest BCUT2D eigenvalue weighted by Crippen LogP contribution is 2.30. The molecule has 4 aromatic carbocycles. The number of benzene rings is 4. The normalized spacial score (nSPS) is 15.2. The van der Waals surface area contributed by atoms with Gasteiger partial charge in [-0.25, -0.2) is 9.38 Å². The smallest absolute Gasteiger partial charge is 0.132 e. The highest BCUT2D eigenvalue weighted by Gasteiger charge is 2.26. The number of para-hydroxylation sites is 3. The van der Waals surface area contributed by atoms with Gasteiger partial charge in [-0.3, -0.25) is 4.99 Å². The van der Waals surface area contributed by atoms with Crippen LogP contribution in [0.4, 0.5) is 15.8 Å². The van der Waals surface area contributed by atoms with Gasteiger partial charge in [-0.15, -0.1) is 0 Å². The highest BCUT2D eigenvalue weighted by atomic mass is 19.1. The van der Waals surface area contributed by atoms with E-state index < -0.39 is 0 Å². The van der Waals surface area contributed by atoms with Crippen LogP contribution in [0.15, 0.2) is 119 Å². The molecule has 0 saturated heterocycles. The van der Waals surface area contributed by atoms with Gasteiger partial charge in [-0.1, -0.05) is 66.7 Å². The minimum atomic E-state index is -0.351. The first-order valence-electron chi connectivity index (χ1n) is 11.6. The molecule has 2 N–H and O–H groups in total. The topological polar surface area (TPSA) is 52.5 Å². The number of aliphatic imine (C=N–C) groups is 2. The summed E-state index contributed by atoms with van der Waals surface area (Å²) in [4.78, 5) is 13.6. The van der Waals surface area contributed by atoms with E-state index in [-0.39, 0.29) is 11.9 Å². The molecule has 2 heterocycles. The summed E-state index contributed by atoms with van der Waals surface area (Å²) < 4.78 is 15.0. The number of H-pyrrole nitrogens is 1. The predicted octanol–water partition coefficient (Wildman–Crippen LogP) is 6.91. The fraction of sp³-hybridized carbons (Fsp3) is 0.0667. The summed E-state index contributed by atoms with van der Waals surface area (Å²) in [6.45, 7) is 0. The van der Waals surface area contributed by atoms with Crippen molar-refractivity contribution in [3.8, 4) is 0 Å². The highest BCUT2D eigenvalue weighted by molar-refractivity contribution is 6.19. The quantitative estimate of drug-likeness (QED) is 0.302. The average molecular weight is 459 g/mol. The Morgan fingerprint density at radius 3 is 2.34 bits per heavy atom. The molecule has 5 heteroatoms. The van der Waals surface area contributed by atoms with Crippen LogP contribution in [-0.4, -0.2) is 22.6 Å². The van der Waals surface area contributed by atoms with Crippen molar-refractivity contribution < 1.29 is 4.39 Å². The number of aromatic nitrogens is 1. The van der Waals surface area contributed by atoms with Gasteiger partial charge in [0.25, 0.3) is 0 Å². The SMILES string of the molecule is Fc1ccccc1C1=N[C@H](Cc2c[nH]c3ccccc23)C(Nc2ccccc2)=Nc2ccccc21. The summed E-state index contributed by atoms with van der Waals surface area (Å²) in [6, 6.07) is 32.4. The molecule has 1 atom stereocenters. The zero-order valence-corrected chi connectivity index (χ0v) is 18.9. The van der Waals surface area contributed by atoms with Crippen LogP contribution >= 0.6 is 0 Å². The van der Waals surface area contributed by atoms with Crippen LogP contribution in [0.3, 0.4) is 0 Å². The molecule has 1 aromatic heterocycles. The molecule has 5 aromatic rings. The lowest BCUT2D eigenvalue weighted by molar-refractivity contribution is 0.625. The van der Waals surface area contributed by atoms with Gasteiger partial charge in [-0.05, 0) is 42.0 Å². The monoisotopic (exact) mass is 458 g/mol. The van der Waals surface area contributed by atoms with E-state index in [4.69, 9.17) is 9.98 Å². The third-order valence-corrected chi connectivity index (χ3v) is 6.26. The van der Waals surface area contributed by atoms with Crippen LogP contribution in [0.2, 0.25) is 0 Å². The molecular weight excluding hydrogens is 435 g/mol. The second kappa shape index (κ2) is 9.03. The number of nitrogens with zero attached hydrogens (tertiary/aromatic N) is 2. The van der Waals surface area contributed by atoms with Crippen LogP contribution in [0.5, 0.6) is 0 Å². The third-order valence-electron chi connectivity index (χ3n) is 6.26. The molecule has 1 aliphatic rings. The molecule has 170 valence electrons. The van der Waals surface area contributed by atoms with E-state index in [1.807, 2.05) is 79.0 Å². The molecule has 35 heavy (non-hydrogen) atoms. The van der Waals surface area contributed by atoms with Crippen molar-refractivity contribution in [3.05, 3.63) is 132 Å². The van der Waals surface area contributed by atoms with Crippen molar-refractivity contribution in [2.45, 2.75) is 12.5 Å². The van der Waals surface area contributed by atoms with E-state index in [0.29, 0.717) is 17.7 Å². The Kier molecular flexibility index (Phi) is 5.43. The number of hydrogen-bond acceptors (Lipinski definition) is 3. The average Bonchev–Trinajstić information content (AvgIpc) is 3.23. The van der Waals surface area contributed by atoms with Gasteiger partial charge in [0.15, 0.2) is 0 Å². The van der Waals surface area contributed by atoms with Crippen LogP contribution in [0, 0.1) is 5.82 Å². The van der Waals surface area contributed by atoms with Crippen molar-refractivity contribution in [1.29, 1.82) is 0 Å². The summed E-state index contributed by atoms with van der Waals surface area (Å²) in [5.41, 5.74) is 5.79. The van der Waals surface area contributed by atoms with Gasteiger partial charge in [0.2, 0.25) is 0 Å². The standard InChI is InChI=1S/C30H23FN4/c31-25-15-7-4-13-23(25)29-24-14-6-9-17-27(24)35-30(33-21-10-2-1-3-11-21)28(34-29)18-20-19-32-26-16-8-5-12-22(20)26/h1-17,19,28,32H,18H2,(H,33,35)/t28-/m1/s1. The lowest BCUT2D eigenvalue weighted by Gasteiger charge is -2.17. The molecule has 0 aliphatic carbocycles. The van der Waals surface area contributed by atoms with Gasteiger partial charge in [-0.2, -0.15) is 0 Å². The van der Waals surface area contributed by atoms with Crippen LogP contribution < -0.4 is 5.32 Å². The second-order valence-electron chi connectivity index (χ2n) is 8.54. The van der Waals surface area contributed by atoms with Crippen LogP contribution in [-0.2, 0) is 6.42 Å². The molecule has 0 unspecified atom stereocenters. The molecule has 4 nitrogen and oxygen atoms in total. The number of nitrogens with one attached hydrogen (secondary N) is 2. The number of anilines is 1. The van der Waals surface area contributed by atoms with Gasteiger partial charge >= 0.3 is 0 Å². The van der Waals surface area contributed by atoms with Gasteiger partial charge in [0.05, 0.1) is 11.4 Å². The first-order valence-corrected chi connectivity index (χ1v) is 11.6. The van der Waals surface area contributed by atoms with Crippen LogP contribution in [0.1, 0.15) is 16.7 Å². The number of rotatable bonds is 4. The molecule has 6 rings (SSSR count). The van der Waals surface area contributed by atoms with Crippen molar-refractivity contribution in [2.24, 2.45) is 9.98 Å². The Hall–Kier alpha value is -4.51. The van der Waals surface area contributed by atoms with Crippen molar-refractivity contribution in [2.75, 3.05) is 5.32 Å². The number of fused-ring (bicyclic) bond motifs is 2. The Morgan fingerprint density at radius 1 is 0.771 bits per heavy atom. The van der Waals surface area contributed by atoms with Gasteiger partial charge in [0.1, 0.15) is 17.7 Å². The van der Waals surface area contributed by atoms with E-state index in [1.165, 1.54) is 6.07 Å². The molecule has 0 spiro atoms. The van der Waals surface area contributed by atoms with E-state index in [9.17, 15) is 0 Å². The Bertz CT molecular complexity index is 1570. The predicted molar refractivity (Wildman–Crippen MR) is 141 cm³/mol. The molecular formula is C30H23FN4. The lowest BCUT2D eigenvalue weighted by Crippen LogP contribution is -2.29. The molecule has 0 radical (unpaired) electrons. The summed E-state index contributed by atoms with van der Waals surface area (Å²) in [6.07, 6.45) is 2.63. The zero-order chi connectivity index (χ0) is 23.6. The maximum atomic E-state index is 15.0. The summed E-state index contributed by atoms with van der Waals surface area (Å²) in [5, 5.41) is 4.65. The third kappa shape index (κ3) is 4.13. The largest absolute Gasteiger partial charge is 0.361 e. The van der Waals surface area contributed by atoms with Crippen LogP contribution in [0.25, 0.3) is 10.9 Å². The first kappa shape index (κ1) is 21.1. The first-order chi connectivity index (χ1) is 17.3. The summed E-state index contributed by atoms with van der Waals surface area (Å²) >= 11 is 0. The summed E-state index contributed by atoms with van der Waals surface area (Å²) in [5.74, 6) is 0.423. The fourth-order valence-electron chi connectivity index (χ4n) is 4.56. The number of hydrogen-bond donors (Lipinski definition) is 2. The van der Waals surface area contributed by atoms with Gasteiger partial charge < -0.3 is 10.3 Å². The molecule has 0 bridgehead atoms. The van der Waals surface area contributed by atoms with E-state index in [1.54, 1.807) is 12.1 Å². The number of aromatic amines is 1. The maximum absolute atomic E-state index is 15.0. The summed E-state index contributed by atoms with van der Waals surface area (Å²) in [7, 11) is 0. The Morgan fingerprint density at radius 2 is 1.49 bits per heavy atom. The molecule has 1 aliphatic heterocycles. The van der Waals surface area contributed by atoms with Crippen molar-refractivity contribution in [3.63, 3.8) is 0 Å². The van der Waals surface area contributed by atoms with Gasteiger partial charge in [0, 0.05) is 40.3 Å². The van der Waals surface area contributed by atoms with E-state index in [2.05, 4.69) is 22.4 Å². The zero-order valence-electron chi connectivity index (χ0n) is 18.9. The number of halogens is 1. The molecule has 0 saturated carbocycles. The maximum Gasteiger partial charge on any atom is 0.132 e. The van der Waals surface area contributed by atoms with Crippen molar-refractivity contribution in [1.82, 2.24) is 4.98 Å². The molecule has 0 fully saturated rings. The minimum absolute atomic E-state index is 0.300. The Balaban J connectivity index is 1.52. The van der Waals surface area contributed by atoms with Crippen molar-refractivity contribution >= 4 is 33.8 Å². The fourth-order valence-corrected chi connectivity index (χ4v) is 4.56. The van der Waals surface area contributed by atoms with E-state index >= 15 is 4.39 Å². The van der Waals surface area contributed by atoms with E-state index in [0.717, 1.165) is 39.2 Å². The molecule has 0 amide bonds.